The maximum atomic E-state index is 11.9. The van der Waals surface area contributed by atoms with Crippen LogP contribution in [-0.2, 0) is 11.3 Å². The summed E-state index contributed by atoms with van der Waals surface area (Å²) in [6.45, 7) is 3.31. The quantitative estimate of drug-likeness (QED) is 0.892. The number of hydrogen-bond donors (Lipinski definition) is 1. The van der Waals surface area contributed by atoms with Crippen LogP contribution in [-0.4, -0.2) is 47.2 Å². The summed E-state index contributed by atoms with van der Waals surface area (Å²) in [4.78, 5) is 26.8. The largest absolute Gasteiger partial charge is 0.378 e. The van der Waals surface area contributed by atoms with E-state index in [-0.39, 0.29) is 12.5 Å². The van der Waals surface area contributed by atoms with E-state index in [4.69, 9.17) is 4.74 Å². The van der Waals surface area contributed by atoms with Gasteiger partial charge in [0.1, 0.15) is 17.3 Å². The highest BCUT2D eigenvalue weighted by molar-refractivity contribution is 5.92. The second-order valence-corrected chi connectivity index (χ2v) is 4.83. The summed E-state index contributed by atoms with van der Waals surface area (Å²) in [6.07, 6.45) is 3.30. The van der Waals surface area contributed by atoms with Crippen LogP contribution in [0.1, 0.15) is 16.3 Å². The van der Waals surface area contributed by atoms with Crippen molar-refractivity contribution in [1.29, 1.82) is 0 Å². The van der Waals surface area contributed by atoms with Gasteiger partial charge in [-0.15, -0.1) is 0 Å². The van der Waals surface area contributed by atoms with Crippen molar-refractivity contribution in [3.63, 3.8) is 0 Å². The van der Waals surface area contributed by atoms with E-state index in [0.717, 1.165) is 18.9 Å². The number of hydrogen-bond acceptors (Lipinski definition) is 6. The molecule has 7 heteroatoms. The van der Waals surface area contributed by atoms with Gasteiger partial charge >= 0.3 is 0 Å². The zero-order valence-corrected chi connectivity index (χ0v) is 12.1. The summed E-state index contributed by atoms with van der Waals surface area (Å²) in [5.74, 6) is 1.20. The lowest BCUT2D eigenvalue weighted by molar-refractivity contribution is 0.0945. The van der Waals surface area contributed by atoms with E-state index in [0.29, 0.717) is 24.7 Å². The number of pyridine rings is 1. The van der Waals surface area contributed by atoms with Gasteiger partial charge in [0.25, 0.3) is 5.91 Å². The second kappa shape index (κ2) is 6.95. The Morgan fingerprint density at radius 1 is 1.18 bits per heavy atom. The summed E-state index contributed by atoms with van der Waals surface area (Å²) < 4.78 is 5.33. The minimum absolute atomic E-state index is 0.235. The third-order valence-electron chi connectivity index (χ3n) is 3.33. The average Bonchev–Trinajstić information content (AvgIpc) is 2.61. The van der Waals surface area contributed by atoms with Crippen LogP contribution in [0.3, 0.4) is 0 Å². The van der Waals surface area contributed by atoms with Crippen LogP contribution in [0.5, 0.6) is 0 Å². The Hall–Kier alpha value is -2.54. The third-order valence-corrected chi connectivity index (χ3v) is 3.33. The molecule has 2 aromatic rings. The van der Waals surface area contributed by atoms with Crippen molar-refractivity contribution in [2.24, 2.45) is 0 Å². The highest BCUT2D eigenvalue weighted by Gasteiger charge is 2.13. The maximum Gasteiger partial charge on any atom is 0.270 e. The Bertz CT molecular complexity index is 629. The third kappa shape index (κ3) is 3.56. The number of nitrogens with one attached hydrogen (secondary N) is 1. The van der Waals surface area contributed by atoms with Crippen molar-refractivity contribution in [2.75, 3.05) is 31.2 Å². The van der Waals surface area contributed by atoms with Gasteiger partial charge in [-0.25, -0.2) is 9.97 Å². The predicted molar refractivity (Wildman–Crippen MR) is 80.5 cm³/mol. The van der Waals surface area contributed by atoms with E-state index in [2.05, 4.69) is 25.2 Å². The van der Waals surface area contributed by atoms with Gasteiger partial charge in [0, 0.05) is 25.5 Å². The maximum absolute atomic E-state index is 11.9. The summed E-state index contributed by atoms with van der Waals surface area (Å²) in [6, 6.07) is 7.08. The molecule has 3 heterocycles. The summed E-state index contributed by atoms with van der Waals surface area (Å²) in [5.41, 5.74) is 0.381. The number of rotatable bonds is 4. The molecule has 1 N–H and O–H groups in total. The number of nitrogens with zero attached hydrogens (tertiary/aromatic N) is 4. The number of aromatic nitrogens is 3. The first kappa shape index (κ1) is 14.4. The molecule has 1 fully saturated rings. The molecule has 2 aromatic heterocycles. The van der Waals surface area contributed by atoms with Gasteiger partial charge in [-0.2, -0.15) is 0 Å². The number of anilines is 1. The standard InChI is InChI=1S/C15H17N5O2/c21-15(12-3-1-2-5-16-12)18-11-13-17-6-4-14(19-13)20-7-9-22-10-8-20/h1-6H,7-11H2,(H,18,21). The Morgan fingerprint density at radius 3 is 2.82 bits per heavy atom. The molecule has 0 spiro atoms. The van der Waals surface area contributed by atoms with Crippen molar-refractivity contribution in [3.05, 3.63) is 48.2 Å². The van der Waals surface area contributed by atoms with Crippen molar-refractivity contribution < 1.29 is 9.53 Å². The smallest absolute Gasteiger partial charge is 0.270 e. The first-order chi connectivity index (χ1) is 10.8. The molecule has 0 atom stereocenters. The lowest BCUT2D eigenvalue weighted by atomic mass is 10.3. The molecule has 0 aliphatic carbocycles. The Morgan fingerprint density at radius 2 is 2.05 bits per heavy atom. The number of amides is 1. The van der Waals surface area contributed by atoms with Crippen LogP contribution in [0.2, 0.25) is 0 Å². The van der Waals surface area contributed by atoms with Crippen LogP contribution in [0.4, 0.5) is 5.82 Å². The number of ether oxygens (including phenoxy) is 1. The topological polar surface area (TPSA) is 80.2 Å². The van der Waals surface area contributed by atoms with Crippen molar-refractivity contribution in [2.45, 2.75) is 6.54 Å². The van der Waals surface area contributed by atoms with Crippen molar-refractivity contribution >= 4 is 11.7 Å². The van der Waals surface area contributed by atoms with Gasteiger partial charge in [-0.3, -0.25) is 9.78 Å². The molecule has 0 aromatic carbocycles. The lowest BCUT2D eigenvalue weighted by Crippen LogP contribution is -2.37. The molecule has 0 radical (unpaired) electrons. The van der Waals surface area contributed by atoms with Gasteiger partial charge in [0.15, 0.2) is 0 Å². The average molecular weight is 299 g/mol. The number of morpholine rings is 1. The first-order valence-electron chi connectivity index (χ1n) is 7.17. The van der Waals surface area contributed by atoms with Crippen LogP contribution in [0, 0.1) is 0 Å². The SMILES string of the molecule is O=C(NCc1nccc(N2CCOCC2)n1)c1ccccn1. The highest BCUT2D eigenvalue weighted by Crippen LogP contribution is 2.11. The van der Waals surface area contributed by atoms with E-state index in [9.17, 15) is 4.79 Å². The molecule has 1 amide bonds. The van der Waals surface area contributed by atoms with Gasteiger partial charge < -0.3 is 15.0 Å². The van der Waals surface area contributed by atoms with Crippen LogP contribution < -0.4 is 10.2 Å². The van der Waals surface area contributed by atoms with Crippen molar-refractivity contribution in [3.8, 4) is 0 Å². The first-order valence-corrected chi connectivity index (χ1v) is 7.17. The van der Waals surface area contributed by atoms with Crippen LogP contribution in [0.15, 0.2) is 36.7 Å². The minimum Gasteiger partial charge on any atom is -0.378 e. The van der Waals surface area contributed by atoms with Gasteiger partial charge in [-0.05, 0) is 18.2 Å². The fourth-order valence-electron chi connectivity index (χ4n) is 2.19. The monoisotopic (exact) mass is 299 g/mol. The van der Waals surface area contributed by atoms with E-state index in [1.165, 1.54) is 0 Å². The molecule has 1 aliphatic heterocycles. The fraction of sp³-hybridized carbons (Fsp3) is 0.333. The molecular formula is C15H17N5O2. The lowest BCUT2D eigenvalue weighted by Gasteiger charge is -2.27. The minimum atomic E-state index is -0.235. The van der Waals surface area contributed by atoms with E-state index in [1.807, 2.05) is 6.07 Å². The van der Waals surface area contributed by atoms with E-state index < -0.39 is 0 Å². The predicted octanol–water partition coefficient (Wildman–Crippen LogP) is 0.638. The highest BCUT2D eigenvalue weighted by atomic mass is 16.5. The molecule has 3 rings (SSSR count). The normalized spacial score (nSPS) is 14.6. The molecule has 1 aliphatic rings. The van der Waals surface area contributed by atoms with E-state index in [1.54, 1.807) is 30.6 Å². The fourth-order valence-corrected chi connectivity index (χ4v) is 2.19. The van der Waals surface area contributed by atoms with Gasteiger partial charge in [0.05, 0.1) is 19.8 Å². The number of carbonyl (C=O) groups is 1. The Kier molecular flexibility index (Phi) is 4.55. The van der Waals surface area contributed by atoms with Crippen LogP contribution >= 0.6 is 0 Å². The molecule has 7 nitrogen and oxygen atoms in total. The molecule has 22 heavy (non-hydrogen) atoms. The van der Waals surface area contributed by atoms with Crippen molar-refractivity contribution in [1.82, 2.24) is 20.3 Å². The second-order valence-electron chi connectivity index (χ2n) is 4.83. The molecular weight excluding hydrogens is 282 g/mol. The summed E-state index contributed by atoms with van der Waals surface area (Å²) in [7, 11) is 0. The molecule has 0 saturated carbocycles. The zero-order valence-electron chi connectivity index (χ0n) is 12.1. The van der Waals surface area contributed by atoms with Gasteiger partial charge in [0.2, 0.25) is 0 Å². The zero-order chi connectivity index (χ0) is 15.2. The van der Waals surface area contributed by atoms with Gasteiger partial charge in [-0.1, -0.05) is 6.07 Å². The van der Waals surface area contributed by atoms with Crippen LogP contribution in [0.25, 0.3) is 0 Å². The van der Waals surface area contributed by atoms with E-state index >= 15 is 0 Å². The molecule has 0 unspecified atom stereocenters. The molecule has 0 bridgehead atoms. The molecule has 1 saturated heterocycles. The summed E-state index contributed by atoms with van der Waals surface area (Å²) in [5, 5.41) is 2.78. The number of carbonyl (C=O) groups excluding carboxylic acids is 1. The summed E-state index contributed by atoms with van der Waals surface area (Å²) >= 11 is 0. The Balaban J connectivity index is 1.62. The molecule has 114 valence electrons. The Labute approximate surface area is 128 Å².